The third kappa shape index (κ3) is 4.69. The molecule has 2 aliphatic rings. The smallest absolute Gasteiger partial charge is 0.273 e. The van der Waals surface area contributed by atoms with Crippen LogP contribution >= 0.6 is 0 Å². The van der Waals surface area contributed by atoms with Gasteiger partial charge in [-0.2, -0.15) is 0 Å². The van der Waals surface area contributed by atoms with Crippen LogP contribution in [0.5, 0.6) is 0 Å². The standard InChI is InChI=1S/C20H25FN4O3/c21-15-3-5-16(6-4-15)25-9-7-24(8-10-25)13-19-23-18(14-28-19)20(26)22-12-17-2-1-11-27-17/h3-6,14,17H,1-2,7-13H2,(H,22,26)/t17-/m1/s1. The number of ether oxygens (including phenoxy) is 1. The van der Waals surface area contributed by atoms with Gasteiger partial charge < -0.3 is 19.4 Å². The van der Waals surface area contributed by atoms with Crippen LogP contribution in [0.4, 0.5) is 10.1 Å². The van der Waals surface area contributed by atoms with Crippen molar-refractivity contribution in [1.29, 1.82) is 0 Å². The minimum Gasteiger partial charge on any atom is -0.447 e. The maximum atomic E-state index is 13.1. The van der Waals surface area contributed by atoms with Gasteiger partial charge in [0.15, 0.2) is 5.69 Å². The van der Waals surface area contributed by atoms with Gasteiger partial charge in [0, 0.05) is 45.0 Å². The average Bonchev–Trinajstić information content (AvgIpc) is 3.40. The second-order valence-corrected chi connectivity index (χ2v) is 7.21. The Morgan fingerprint density at radius 1 is 1.21 bits per heavy atom. The molecule has 0 saturated carbocycles. The van der Waals surface area contributed by atoms with Crippen LogP contribution in [0.25, 0.3) is 0 Å². The van der Waals surface area contributed by atoms with Crippen LogP contribution < -0.4 is 10.2 Å². The second kappa shape index (κ2) is 8.70. The SMILES string of the molecule is O=C(NC[C@H]1CCCO1)c1coc(CN2CCN(c3ccc(F)cc3)CC2)n1. The first-order valence-corrected chi connectivity index (χ1v) is 9.74. The van der Waals surface area contributed by atoms with Gasteiger partial charge in [0.05, 0.1) is 12.6 Å². The molecular formula is C20H25FN4O3. The molecule has 8 heteroatoms. The molecule has 3 heterocycles. The van der Waals surface area contributed by atoms with Gasteiger partial charge in [-0.1, -0.05) is 0 Å². The molecule has 7 nitrogen and oxygen atoms in total. The summed E-state index contributed by atoms with van der Waals surface area (Å²) in [5.41, 5.74) is 1.33. The zero-order valence-corrected chi connectivity index (χ0v) is 15.8. The summed E-state index contributed by atoms with van der Waals surface area (Å²) in [5, 5.41) is 2.85. The lowest BCUT2D eigenvalue weighted by Gasteiger charge is -2.35. The van der Waals surface area contributed by atoms with E-state index in [9.17, 15) is 9.18 Å². The van der Waals surface area contributed by atoms with Gasteiger partial charge in [-0.15, -0.1) is 0 Å². The Morgan fingerprint density at radius 2 is 2.00 bits per heavy atom. The highest BCUT2D eigenvalue weighted by Crippen LogP contribution is 2.18. The number of piperazine rings is 1. The van der Waals surface area contributed by atoms with E-state index in [1.165, 1.54) is 18.4 Å². The molecule has 2 aromatic rings. The number of hydrogen-bond donors (Lipinski definition) is 1. The van der Waals surface area contributed by atoms with Crippen LogP contribution in [-0.2, 0) is 11.3 Å². The lowest BCUT2D eigenvalue weighted by molar-refractivity contribution is 0.0853. The van der Waals surface area contributed by atoms with E-state index in [2.05, 4.69) is 20.1 Å². The van der Waals surface area contributed by atoms with Crippen molar-refractivity contribution in [2.45, 2.75) is 25.5 Å². The molecule has 2 fully saturated rings. The molecule has 1 N–H and O–H groups in total. The number of oxazole rings is 1. The number of nitrogens with one attached hydrogen (secondary N) is 1. The zero-order valence-electron chi connectivity index (χ0n) is 15.8. The summed E-state index contributed by atoms with van der Waals surface area (Å²) >= 11 is 0. The lowest BCUT2D eigenvalue weighted by atomic mass is 10.2. The Kier molecular flexibility index (Phi) is 5.87. The summed E-state index contributed by atoms with van der Waals surface area (Å²) in [6.45, 7) is 5.23. The van der Waals surface area contributed by atoms with Crippen molar-refractivity contribution in [2.75, 3.05) is 44.2 Å². The second-order valence-electron chi connectivity index (χ2n) is 7.21. The van der Waals surface area contributed by atoms with Crippen molar-refractivity contribution < 1.29 is 18.3 Å². The molecule has 1 aromatic heterocycles. The summed E-state index contributed by atoms with van der Waals surface area (Å²) in [5.74, 6) is 0.0889. The molecular weight excluding hydrogens is 363 g/mol. The molecule has 4 rings (SSSR count). The molecule has 150 valence electrons. The lowest BCUT2D eigenvalue weighted by Crippen LogP contribution is -2.46. The first-order valence-electron chi connectivity index (χ1n) is 9.74. The molecule has 0 aliphatic carbocycles. The van der Waals surface area contributed by atoms with E-state index < -0.39 is 0 Å². The molecule has 0 unspecified atom stereocenters. The van der Waals surface area contributed by atoms with Crippen molar-refractivity contribution in [3.63, 3.8) is 0 Å². The number of amides is 1. The van der Waals surface area contributed by atoms with E-state index in [-0.39, 0.29) is 17.8 Å². The predicted octanol–water partition coefficient (Wildman–Crippen LogP) is 2.04. The number of rotatable bonds is 6. The highest BCUT2D eigenvalue weighted by molar-refractivity contribution is 5.91. The zero-order chi connectivity index (χ0) is 19.3. The molecule has 1 aromatic carbocycles. The van der Waals surface area contributed by atoms with Gasteiger partial charge in [-0.3, -0.25) is 9.69 Å². The van der Waals surface area contributed by atoms with Crippen molar-refractivity contribution >= 4 is 11.6 Å². The summed E-state index contributed by atoms with van der Waals surface area (Å²) in [6.07, 6.45) is 3.54. The molecule has 2 saturated heterocycles. The number of carbonyl (C=O) groups excluding carboxylic acids is 1. The monoisotopic (exact) mass is 388 g/mol. The van der Waals surface area contributed by atoms with Crippen molar-refractivity contribution in [1.82, 2.24) is 15.2 Å². The van der Waals surface area contributed by atoms with Crippen LogP contribution in [-0.4, -0.2) is 61.2 Å². The number of nitrogens with zero attached hydrogens (tertiary/aromatic N) is 3. The molecule has 0 radical (unpaired) electrons. The highest BCUT2D eigenvalue weighted by Gasteiger charge is 2.21. The Morgan fingerprint density at radius 3 is 2.71 bits per heavy atom. The minimum atomic E-state index is -0.230. The number of benzene rings is 1. The van der Waals surface area contributed by atoms with Crippen molar-refractivity contribution in [3.05, 3.63) is 47.9 Å². The van der Waals surface area contributed by atoms with E-state index in [1.54, 1.807) is 12.1 Å². The number of hydrogen-bond acceptors (Lipinski definition) is 6. The average molecular weight is 388 g/mol. The molecule has 1 atom stereocenters. The van der Waals surface area contributed by atoms with E-state index in [0.717, 1.165) is 51.3 Å². The van der Waals surface area contributed by atoms with E-state index in [4.69, 9.17) is 9.15 Å². The summed E-state index contributed by atoms with van der Waals surface area (Å²) < 4.78 is 24.1. The number of aromatic nitrogens is 1. The van der Waals surface area contributed by atoms with E-state index >= 15 is 0 Å². The van der Waals surface area contributed by atoms with Crippen molar-refractivity contribution in [2.24, 2.45) is 0 Å². The molecule has 0 bridgehead atoms. The Labute approximate surface area is 163 Å². The quantitative estimate of drug-likeness (QED) is 0.817. The Hall–Kier alpha value is -2.45. The van der Waals surface area contributed by atoms with Crippen molar-refractivity contribution in [3.8, 4) is 0 Å². The maximum absolute atomic E-state index is 13.1. The van der Waals surface area contributed by atoms with Crippen LogP contribution in [0.3, 0.4) is 0 Å². The first-order chi connectivity index (χ1) is 13.7. The number of halogens is 1. The van der Waals surface area contributed by atoms with Crippen LogP contribution in [0, 0.1) is 5.82 Å². The van der Waals surface area contributed by atoms with E-state index in [1.807, 2.05) is 0 Å². The van der Waals surface area contributed by atoms with Crippen LogP contribution in [0.15, 0.2) is 34.9 Å². The third-order valence-electron chi connectivity index (χ3n) is 5.22. The van der Waals surface area contributed by atoms with Gasteiger partial charge in [-0.05, 0) is 37.1 Å². The van der Waals surface area contributed by atoms with Gasteiger partial charge in [0.1, 0.15) is 12.1 Å². The third-order valence-corrected chi connectivity index (χ3v) is 5.22. The summed E-state index contributed by atoms with van der Waals surface area (Å²) in [6, 6.07) is 6.58. The Balaban J connectivity index is 1.24. The summed E-state index contributed by atoms with van der Waals surface area (Å²) in [4.78, 5) is 21.0. The van der Waals surface area contributed by atoms with E-state index in [0.29, 0.717) is 24.7 Å². The molecule has 2 aliphatic heterocycles. The van der Waals surface area contributed by atoms with Crippen LogP contribution in [0.1, 0.15) is 29.2 Å². The largest absolute Gasteiger partial charge is 0.447 e. The molecule has 1 amide bonds. The maximum Gasteiger partial charge on any atom is 0.273 e. The highest BCUT2D eigenvalue weighted by atomic mass is 19.1. The fourth-order valence-corrected chi connectivity index (χ4v) is 3.60. The number of carbonyl (C=O) groups is 1. The molecule has 0 spiro atoms. The van der Waals surface area contributed by atoms with Gasteiger partial charge >= 0.3 is 0 Å². The summed E-state index contributed by atoms with van der Waals surface area (Å²) in [7, 11) is 0. The minimum absolute atomic E-state index is 0.104. The fraction of sp³-hybridized carbons (Fsp3) is 0.500. The predicted molar refractivity (Wildman–Crippen MR) is 102 cm³/mol. The topological polar surface area (TPSA) is 70.8 Å². The first kappa shape index (κ1) is 18.9. The van der Waals surface area contributed by atoms with Gasteiger partial charge in [0.2, 0.25) is 5.89 Å². The fourth-order valence-electron chi connectivity index (χ4n) is 3.60. The molecule has 28 heavy (non-hydrogen) atoms. The van der Waals surface area contributed by atoms with Gasteiger partial charge in [-0.25, -0.2) is 9.37 Å². The number of anilines is 1. The van der Waals surface area contributed by atoms with Crippen LogP contribution in [0.2, 0.25) is 0 Å². The van der Waals surface area contributed by atoms with Gasteiger partial charge in [0.25, 0.3) is 5.91 Å². The normalized spacial score (nSPS) is 20.5. The Bertz CT molecular complexity index is 781.